The lowest BCUT2D eigenvalue weighted by Crippen LogP contribution is -2.42. The van der Waals surface area contributed by atoms with E-state index in [0.717, 1.165) is 11.1 Å². The van der Waals surface area contributed by atoms with Crippen LogP contribution in [0.4, 0.5) is 0 Å². The van der Waals surface area contributed by atoms with Gasteiger partial charge in [-0.05, 0) is 55.5 Å². The second kappa shape index (κ2) is 12.0. The zero-order valence-corrected chi connectivity index (χ0v) is 19.6. The molecule has 0 spiro atoms. The number of carbonyl (C=O) groups is 3. The van der Waals surface area contributed by atoms with E-state index in [9.17, 15) is 14.4 Å². The average molecular weight is 473 g/mol. The van der Waals surface area contributed by atoms with Gasteiger partial charge in [0.15, 0.2) is 0 Å². The van der Waals surface area contributed by atoms with Crippen molar-refractivity contribution in [2.45, 2.75) is 39.0 Å². The molecule has 2 aromatic rings. The first-order chi connectivity index (χ1) is 15.9. The highest BCUT2D eigenvalue weighted by Crippen LogP contribution is 2.34. The molecule has 1 fully saturated rings. The second-order valence-corrected chi connectivity index (χ2v) is 8.57. The van der Waals surface area contributed by atoms with Gasteiger partial charge in [-0.15, -0.1) is 0 Å². The molecule has 6 nitrogen and oxygen atoms in total. The highest BCUT2D eigenvalue weighted by molar-refractivity contribution is 6.31. The summed E-state index contributed by atoms with van der Waals surface area (Å²) in [6.07, 6.45) is 1.98. The molecule has 0 radical (unpaired) electrons. The largest absolute Gasteiger partial charge is 0.464 e. The summed E-state index contributed by atoms with van der Waals surface area (Å²) in [5.41, 5.74) is 1.35. The molecule has 0 amide bonds. The van der Waals surface area contributed by atoms with Crippen molar-refractivity contribution >= 4 is 29.3 Å². The van der Waals surface area contributed by atoms with E-state index in [1.807, 2.05) is 24.3 Å². The van der Waals surface area contributed by atoms with Crippen LogP contribution in [0.3, 0.4) is 0 Å². The summed E-state index contributed by atoms with van der Waals surface area (Å²) in [5, 5.41) is 0.645. The van der Waals surface area contributed by atoms with E-state index in [2.05, 4.69) is 0 Å². The van der Waals surface area contributed by atoms with Crippen LogP contribution in [0.15, 0.2) is 48.5 Å². The van der Waals surface area contributed by atoms with Gasteiger partial charge < -0.3 is 14.2 Å². The molecule has 1 heterocycles. The Kier molecular flexibility index (Phi) is 9.03. The molecule has 7 heteroatoms. The molecule has 0 saturated carbocycles. The van der Waals surface area contributed by atoms with E-state index >= 15 is 0 Å². The zero-order valence-electron chi connectivity index (χ0n) is 18.8. The zero-order chi connectivity index (χ0) is 23.7. The third kappa shape index (κ3) is 6.89. The molecular weight excluding hydrogens is 444 g/mol. The Labute approximate surface area is 199 Å². The van der Waals surface area contributed by atoms with Gasteiger partial charge in [0.1, 0.15) is 12.4 Å². The summed E-state index contributed by atoms with van der Waals surface area (Å²) >= 11 is 6.22. The third-order valence-corrected chi connectivity index (χ3v) is 6.31. The van der Waals surface area contributed by atoms with E-state index in [0.29, 0.717) is 56.1 Å². The number of esters is 2. The fraction of sp³-hybridized carbons (Fsp3) is 0.423. The summed E-state index contributed by atoms with van der Waals surface area (Å²) in [7, 11) is 0. The number of hydrogen-bond donors (Lipinski definition) is 0. The highest BCUT2D eigenvalue weighted by Gasteiger charge is 2.40. The summed E-state index contributed by atoms with van der Waals surface area (Å²) in [4.78, 5) is 37.4. The summed E-state index contributed by atoms with van der Waals surface area (Å²) in [6, 6.07) is 14.1. The van der Waals surface area contributed by atoms with Crippen LogP contribution in [-0.4, -0.2) is 44.1 Å². The molecule has 1 aliphatic rings. The van der Waals surface area contributed by atoms with Crippen LogP contribution in [0.1, 0.15) is 47.7 Å². The lowest BCUT2D eigenvalue weighted by Gasteiger charge is -2.35. The van der Waals surface area contributed by atoms with Gasteiger partial charge >= 0.3 is 11.9 Å². The Morgan fingerprint density at radius 3 is 2.36 bits per heavy atom. The van der Waals surface area contributed by atoms with Crippen LogP contribution in [0, 0.1) is 5.41 Å². The van der Waals surface area contributed by atoms with Crippen molar-refractivity contribution in [2.75, 3.05) is 26.4 Å². The SMILES string of the molecule is CCOC(=O)c1ccc(CC(=O)OCC2(C(=O)CCc3ccccc3Cl)CCOCC2)cc1. The van der Waals surface area contributed by atoms with Gasteiger partial charge in [-0.3, -0.25) is 9.59 Å². The molecule has 176 valence electrons. The van der Waals surface area contributed by atoms with E-state index in [1.54, 1.807) is 31.2 Å². The molecule has 0 aliphatic carbocycles. The Balaban J connectivity index is 1.57. The first-order valence-corrected chi connectivity index (χ1v) is 11.6. The van der Waals surface area contributed by atoms with Gasteiger partial charge in [0.25, 0.3) is 0 Å². The molecule has 33 heavy (non-hydrogen) atoms. The highest BCUT2D eigenvalue weighted by atomic mass is 35.5. The molecule has 1 saturated heterocycles. The number of ether oxygens (including phenoxy) is 3. The Morgan fingerprint density at radius 1 is 1.00 bits per heavy atom. The maximum atomic E-state index is 13.2. The van der Waals surface area contributed by atoms with Crippen molar-refractivity contribution in [3.8, 4) is 0 Å². The smallest absolute Gasteiger partial charge is 0.338 e. The van der Waals surface area contributed by atoms with Gasteiger partial charge in [0, 0.05) is 24.7 Å². The van der Waals surface area contributed by atoms with Gasteiger partial charge in [-0.25, -0.2) is 4.79 Å². The maximum absolute atomic E-state index is 13.2. The average Bonchev–Trinajstić information content (AvgIpc) is 2.83. The van der Waals surface area contributed by atoms with Crippen LogP contribution in [0.2, 0.25) is 5.02 Å². The molecular formula is C26H29ClO6. The number of aryl methyl sites for hydroxylation is 1. The number of halogens is 1. The molecule has 0 atom stereocenters. The number of hydrogen-bond acceptors (Lipinski definition) is 6. The normalized spacial score (nSPS) is 15.0. The summed E-state index contributed by atoms with van der Waals surface area (Å²) < 4.78 is 16.0. The molecule has 0 unspecified atom stereocenters. The van der Waals surface area contributed by atoms with Crippen LogP contribution in [-0.2, 0) is 36.6 Å². The van der Waals surface area contributed by atoms with E-state index in [4.69, 9.17) is 25.8 Å². The predicted molar refractivity (Wildman–Crippen MR) is 124 cm³/mol. The van der Waals surface area contributed by atoms with E-state index < -0.39 is 17.4 Å². The number of rotatable bonds is 10. The van der Waals surface area contributed by atoms with Crippen molar-refractivity contribution in [3.05, 3.63) is 70.2 Å². The number of ketones is 1. The minimum atomic E-state index is -0.733. The third-order valence-electron chi connectivity index (χ3n) is 5.94. The van der Waals surface area contributed by atoms with E-state index in [1.165, 1.54) is 0 Å². The maximum Gasteiger partial charge on any atom is 0.338 e. The standard InChI is InChI=1S/C26H29ClO6/c1-2-32-25(30)21-9-7-19(8-10-21)17-24(29)33-18-26(13-15-31-16-14-26)23(28)12-11-20-5-3-4-6-22(20)27/h3-10H,2,11-18H2,1H3. The van der Waals surface area contributed by atoms with Crippen molar-refractivity contribution in [1.82, 2.24) is 0 Å². The Morgan fingerprint density at radius 2 is 1.70 bits per heavy atom. The summed E-state index contributed by atoms with van der Waals surface area (Å²) in [5.74, 6) is -0.746. The minimum absolute atomic E-state index is 0.0391. The van der Waals surface area contributed by atoms with Gasteiger partial charge in [0.2, 0.25) is 0 Å². The van der Waals surface area contributed by atoms with Gasteiger partial charge in [-0.2, -0.15) is 0 Å². The first-order valence-electron chi connectivity index (χ1n) is 11.2. The Hall–Kier alpha value is -2.70. The lowest BCUT2D eigenvalue weighted by molar-refractivity contribution is -0.154. The molecule has 3 rings (SSSR count). The minimum Gasteiger partial charge on any atom is -0.464 e. The number of carbonyl (C=O) groups excluding carboxylic acids is 3. The summed E-state index contributed by atoms with van der Waals surface area (Å²) in [6.45, 7) is 3.01. The fourth-order valence-corrected chi connectivity index (χ4v) is 4.12. The lowest BCUT2D eigenvalue weighted by atomic mass is 9.75. The van der Waals surface area contributed by atoms with Crippen molar-refractivity contribution in [1.29, 1.82) is 0 Å². The van der Waals surface area contributed by atoms with E-state index in [-0.39, 0.29) is 18.8 Å². The Bertz CT molecular complexity index is 963. The number of benzene rings is 2. The monoisotopic (exact) mass is 472 g/mol. The van der Waals surface area contributed by atoms with Crippen molar-refractivity contribution in [3.63, 3.8) is 0 Å². The second-order valence-electron chi connectivity index (χ2n) is 8.16. The van der Waals surface area contributed by atoms with Gasteiger partial charge in [0.05, 0.1) is 24.0 Å². The van der Waals surface area contributed by atoms with Crippen LogP contribution in [0.5, 0.6) is 0 Å². The molecule has 0 bridgehead atoms. The van der Waals surface area contributed by atoms with Crippen LogP contribution in [0.25, 0.3) is 0 Å². The molecule has 0 N–H and O–H groups in total. The molecule has 0 aromatic heterocycles. The predicted octanol–water partition coefficient (Wildman–Crippen LogP) is 4.60. The fourth-order valence-electron chi connectivity index (χ4n) is 3.89. The van der Waals surface area contributed by atoms with Crippen LogP contribution >= 0.6 is 11.6 Å². The quantitative estimate of drug-likeness (QED) is 0.470. The van der Waals surface area contributed by atoms with Crippen molar-refractivity contribution in [2.24, 2.45) is 5.41 Å². The van der Waals surface area contributed by atoms with Crippen molar-refractivity contribution < 1.29 is 28.6 Å². The van der Waals surface area contributed by atoms with Crippen LogP contribution < -0.4 is 0 Å². The first kappa shape index (κ1) is 24.9. The molecule has 2 aromatic carbocycles. The molecule has 1 aliphatic heterocycles. The number of Topliss-reactive ketones (excluding diaryl/α,β-unsaturated/α-hetero) is 1. The van der Waals surface area contributed by atoms with Gasteiger partial charge in [-0.1, -0.05) is 41.9 Å². The topological polar surface area (TPSA) is 78.9 Å².